The fourth-order valence-electron chi connectivity index (χ4n) is 2.20. The lowest BCUT2D eigenvalue weighted by molar-refractivity contribution is 0.288. The van der Waals surface area contributed by atoms with Crippen LogP contribution in [0.25, 0.3) is 0 Å². The zero-order valence-electron chi connectivity index (χ0n) is 12.7. The minimum atomic E-state index is -3.54. The lowest BCUT2D eigenvalue weighted by Crippen LogP contribution is -2.26. The molecule has 0 amide bonds. The molecule has 2 aromatic rings. The number of aliphatic hydroxyl groups excluding tert-OH is 1. The van der Waals surface area contributed by atoms with Gasteiger partial charge in [-0.25, -0.2) is 13.1 Å². The van der Waals surface area contributed by atoms with Gasteiger partial charge in [-0.15, -0.1) is 0 Å². The minimum Gasteiger partial charge on any atom is -0.396 e. The third-order valence-electron chi connectivity index (χ3n) is 3.46. The second-order valence-electron chi connectivity index (χ2n) is 5.25. The van der Waals surface area contributed by atoms with Crippen LogP contribution in [-0.2, 0) is 22.9 Å². The Morgan fingerprint density at radius 1 is 1.00 bits per heavy atom. The number of aliphatic hydroxyl groups is 1. The molecule has 2 rings (SSSR count). The van der Waals surface area contributed by atoms with Crippen molar-refractivity contribution in [1.29, 1.82) is 0 Å². The van der Waals surface area contributed by atoms with Crippen LogP contribution >= 0.6 is 11.6 Å². The fraction of sp³-hybridized carbons (Fsp3) is 0.294. The Morgan fingerprint density at radius 2 is 1.65 bits per heavy atom. The third-order valence-corrected chi connectivity index (χ3v) is 5.15. The van der Waals surface area contributed by atoms with Gasteiger partial charge in [-0.3, -0.25) is 0 Å². The van der Waals surface area contributed by atoms with Crippen molar-refractivity contribution in [3.05, 3.63) is 64.7 Å². The van der Waals surface area contributed by atoms with Crippen molar-refractivity contribution >= 4 is 21.6 Å². The number of hydrogen-bond acceptors (Lipinski definition) is 3. The zero-order chi connectivity index (χ0) is 16.7. The van der Waals surface area contributed by atoms with Crippen LogP contribution in [0.5, 0.6) is 0 Å². The molecule has 0 aromatic heterocycles. The molecule has 0 aliphatic carbocycles. The summed E-state index contributed by atoms with van der Waals surface area (Å²) in [6, 6.07) is 14.2. The topological polar surface area (TPSA) is 66.4 Å². The highest BCUT2D eigenvalue weighted by Gasteiger charge is 2.13. The Morgan fingerprint density at radius 3 is 2.26 bits per heavy atom. The number of hydrogen-bond donors (Lipinski definition) is 2. The van der Waals surface area contributed by atoms with E-state index in [1.807, 2.05) is 24.3 Å². The van der Waals surface area contributed by atoms with Crippen molar-refractivity contribution in [1.82, 2.24) is 4.72 Å². The van der Waals surface area contributed by atoms with Crippen LogP contribution in [0.3, 0.4) is 0 Å². The molecular weight excluding hydrogens is 334 g/mol. The fourth-order valence-corrected chi connectivity index (χ4v) is 3.54. The van der Waals surface area contributed by atoms with Gasteiger partial charge in [-0.1, -0.05) is 41.9 Å². The van der Waals surface area contributed by atoms with Crippen molar-refractivity contribution < 1.29 is 13.5 Å². The highest BCUT2D eigenvalue weighted by Crippen LogP contribution is 2.15. The Hall–Kier alpha value is -1.40. The van der Waals surface area contributed by atoms with Crippen LogP contribution in [0, 0.1) is 0 Å². The maximum Gasteiger partial charge on any atom is 0.240 e. The van der Waals surface area contributed by atoms with Gasteiger partial charge in [0.15, 0.2) is 0 Å². The molecule has 0 spiro atoms. The van der Waals surface area contributed by atoms with E-state index in [0.29, 0.717) is 18.0 Å². The van der Waals surface area contributed by atoms with E-state index >= 15 is 0 Å². The maximum absolute atomic E-state index is 12.2. The van der Waals surface area contributed by atoms with Gasteiger partial charge in [0.1, 0.15) is 0 Å². The SMILES string of the molecule is O=S(=O)(NCCc1ccc(CCCO)cc1)c1cccc(Cl)c1. The third kappa shape index (κ3) is 5.62. The molecule has 23 heavy (non-hydrogen) atoms. The van der Waals surface area contributed by atoms with Crippen molar-refractivity contribution in [2.45, 2.75) is 24.2 Å². The average Bonchev–Trinajstić information content (AvgIpc) is 2.54. The van der Waals surface area contributed by atoms with Gasteiger partial charge in [0.25, 0.3) is 0 Å². The smallest absolute Gasteiger partial charge is 0.240 e. The van der Waals surface area contributed by atoms with Crippen LogP contribution < -0.4 is 4.72 Å². The summed E-state index contributed by atoms with van der Waals surface area (Å²) in [5.41, 5.74) is 2.23. The van der Waals surface area contributed by atoms with E-state index in [9.17, 15) is 8.42 Å². The summed E-state index contributed by atoms with van der Waals surface area (Å²) in [5.74, 6) is 0. The van der Waals surface area contributed by atoms with Crippen molar-refractivity contribution in [3.63, 3.8) is 0 Å². The van der Waals surface area contributed by atoms with Crippen molar-refractivity contribution in [2.75, 3.05) is 13.2 Å². The van der Waals surface area contributed by atoms with E-state index < -0.39 is 10.0 Å². The van der Waals surface area contributed by atoms with E-state index in [1.165, 1.54) is 17.7 Å². The molecular formula is C17H20ClNO3S. The number of benzene rings is 2. The summed E-state index contributed by atoms with van der Waals surface area (Å²) in [4.78, 5) is 0.171. The molecule has 0 saturated heterocycles. The van der Waals surface area contributed by atoms with Gasteiger partial charge in [-0.05, 0) is 48.6 Å². The Labute approximate surface area is 142 Å². The Balaban J connectivity index is 1.89. The highest BCUT2D eigenvalue weighted by molar-refractivity contribution is 7.89. The molecule has 0 aliphatic rings. The van der Waals surface area contributed by atoms with Crippen LogP contribution in [0.2, 0.25) is 5.02 Å². The molecule has 0 unspecified atom stereocenters. The molecule has 0 heterocycles. The molecule has 0 atom stereocenters. The number of rotatable bonds is 8. The molecule has 0 radical (unpaired) electrons. The maximum atomic E-state index is 12.2. The number of halogens is 1. The van der Waals surface area contributed by atoms with Gasteiger partial charge < -0.3 is 5.11 Å². The van der Waals surface area contributed by atoms with Crippen LogP contribution in [-0.4, -0.2) is 26.7 Å². The molecule has 4 nitrogen and oxygen atoms in total. The molecule has 6 heteroatoms. The second kappa shape index (κ2) is 8.45. The lowest BCUT2D eigenvalue weighted by atomic mass is 10.1. The first-order chi connectivity index (χ1) is 11.0. The number of aryl methyl sites for hydroxylation is 1. The number of sulfonamides is 1. The van der Waals surface area contributed by atoms with Crippen molar-refractivity contribution in [2.24, 2.45) is 0 Å². The Kier molecular flexibility index (Phi) is 6.59. The quantitative estimate of drug-likeness (QED) is 0.766. The molecule has 124 valence electrons. The largest absolute Gasteiger partial charge is 0.396 e. The molecule has 0 fully saturated rings. The molecule has 2 aromatic carbocycles. The second-order valence-corrected chi connectivity index (χ2v) is 7.45. The van der Waals surface area contributed by atoms with E-state index in [2.05, 4.69) is 4.72 Å². The standard InChI is InChI=1S/C17H20ClNO3S/c18-16-4-1-5-17(13-16)23(21,22)19-11-10-15-8-6-14(7-9-15)3-2-12-20/h1,4-9,13,19-20H,2-3,10-12H2. The summed E-state index contributed by atoms with van der Waals surface area (Å²) in [6.07, 6.45) is 2.21. The normalized spacial score (nSPS) is 11.6. The van der Waals surface area contributed by atoms with Gasteiger partial charge in [0, 0.05) is 18.2 Å². The summed E-state index contributed by atoms with van der Waals surface area (Å²) < 4.78 is 26.9. The van der Waals surface area contributed by atoms with E-state index in [0.717, 1.165) is 18.4 Å². The van der Waals surface area contributed by atoms with Gasteiger partial charge in [0.05, 0.1) is 4.90 Å². The summed E-state index contributed by atoms with van der Waals surface area (Å²) in [6.45, 7) is 0.512. The first-order valence-electron chi connectivity index (χ1n) is 7.45. The molecule has 0 bridgehead atoms. The highest BCUT2D eigenvalue weighted by atomic mass is 35.5. The van der Waals surface area contributed by atoms with Crippen LogP contribution in [0.1, 0.15) is 17.5 Å². The van der Waals surface area contributed by atoms with E-state index in [1.54, 1.807) is 12.1 Å². The van der Waals surface area contributed by atoms with Gasteiger partial charge in [0.2, 0.25) is 10.0 Å². The van der Waals surface area contributed by atoms with E-state index in [-0.39, 0.29) is 11.5 Å². The lowest BCUT2D eigenvalue weighted by Gasteiger charge is -2.08. The summed E-state index contributed by atoms with van der Waals surface area (Å²) in [5, 5.41) is 9.21. The molecule has 0 aliphatic heterocycles. The van der Waals surface area contributed by atoms with Gasteiger partial charge in [-0.2, -0.15) is 0 Å². The van der Waals surface area contributed by atoms with Crippen LogP contribution in [0.4, 0.5) is 0 Å². The van der Waals surface area contributed by atoms with Crippen LogP contribution in [0.15, 0.2) is 53.4 Å². The molecule has 2 N–H and O–H groups in total. The number of nitrogens with one attached hydrogen (secondary N) is 1. The minimum absolute atomic E-state index is 0.171. The monoisotopic (exact) mass is 353 g/mol. The van der Waals surface area contributed by atoms with Crippen molar-refractivity contribution in [3.8, 4) is 0 Å². The van der Waals surface area contributed by atoms with E-state index in [4.69, 9.17) is 16.7 Å². The molecule has 0 saturated carbocycles. The summed E-state index contributed by atoms with van der Waals surface area (Å²) in [7, 11) is -3.54. The first-order valence-corrected chi connectivity index (χ1v) is 9.31. The summed E-state index contributed by atoms with van der Waals surface area (Å²) >= 11 is 5.82. The zero-order valence-corrected chi connectivity index (χ0v) is 14.3. The first kappa shape index (κ1) is 17.9. The average molecular weight is 354 g/mol. The Bertz CT molecular complexity index is 730. The predicted octanol–water partition coefficient (Wildman–Crippen LogP) is 2.79. The predicted molar refractivity (Wildman–Crippen MR) is 92.2 cm³/mol. The van der Waals surface area contributed by atoms with Gasteiger partial charge >= 0.3 is 0 Å².